The lowest BCUT2D eigenvalue weighted by molar-refractivity contribution is 0.0762. The van der Waals surface area contributed by atoms with Gasteiger partial charge in [-0.3, -0.25) is 0 Å². The van der Waals surface area contributed by atoms with Gasteiger partial charge in [-0.05, 0) is 18.2 Å². The lowest BCUT2D eigenvalue weighted by atomic mass is 10.2. The average molecular weight is 255 g/mol. The normalized spacial score (nSPS) is 19.3. The van der Waals surface area contributed by atoms with E-state index in [2.05, 4.69) is 20.9 Å². The van der Waals surface area contributed by atoms with Gasteiger partial charge in [-0.25, -0.2) is 9.97 Å². The Morgan fingerprint density at radius 1 is 1.42 bits per heavy atom. The van der Waals surface area contributed by atoms with Crippen LogP contribution in [0.4, 0.5) is 11.5 Å². The van der Waals surface area contributed by atoms with Gasteiger partial charge in [0, 0.05) is 17.6 Å². The molecule has 0 saturated carbocycles. The zero-order valence-corrected chi connectivity index (χ0v) is 10.3. The number of ether oxygens (including phenoxy) is 1. The first-order valence-corrected chi connectivity index (χ1v) is 6.04. The predicted molar refractivity (Wildman–Crippen MR) is 71.5 cm³/mol. The van der Waals surface area contributed by atoms with E-state index in [1.165, 1.54) is 6.33 Å². The molecule has 0 amide bonds. The van der Waals surface area contributed by atoms with Crippen LogP contribution in [0, 0.1) is 11.3 Å². The molecule has 6 nitrogen and oxygen atoms in total. The number of hydrogen-bond acceptors (Lipinski definition) is 6. The molecule has 0 radical (unpaired) electrons. The summed E-state index contributed by atoms with van der Waals surface area (Å²) in [5.74, 6) is 0.827. The number of rotatable bonds is 1. The van der Waals surface area contributed by atoms with E-state index in [9.17, 15) is 0 Å². The molecular weight excluding hydrogens is 242 g/mol. The molecule has 1 atom stereocenters. The Labute approximate surface area is 110 Å². The van der Waals surface area contributed by atoms with E-state index in [4.69, 9.17) is 15.7 Å². The third kappa shape index (κ3) is 2.16. The van der Waals surface area contributed by atoms with Crippen molar-refractivity contribution in [3.8, 4) is 6.07 Å². The maximum atomic E-state index is 8.95. The van der Waals surface area contributed by atoms with Crippen LogP contribution in [0.25, 0.3) is 10.9 Å². The zero-order chi connectivity index (χ0) is 13.2. The van der Waals surface area contributed by atoms with E-state index < -0.39 is 6.10 Å². The van der Waals surface area contributed by atoms with E-state index in [0.29, 0.717) is 25.4 Å². The molecule has 3 rings (SSSR count). The van der Waals surface area contributed by atoms with Crippen molar-refractivity contribution in [1.29, 1.82) is 5.26 Å². The van der Waals surface area contributed by atoms with Gasteiger partial charge >= 0.3 is 0 Å². The topological polar surface area (TPSA) is 88.1 Å². The largest absolute Gasteiger partial charge is 0.399 e. The van der Waals surface area contributed by atoms with Crippen molar-refractivity contribution in [2.75, 3.05) is 30.3 Å². The summed E-state index contributed by atoms with van der Waals surface area (Å²) in [6, 6.07) is 7.70. The number of anilines is 2. The predicted octanol–water partition coefficient (Wildman–Crippen LogP) is 0.941. The smallest absolute Gasteiger partial charge is 0.161 e. The van der Waals surface area contributed by atoms with Crippen molar-refractivity contribution in [1.82, 2.24) is 9.97 Å². The van der Waals surface area contributed by atoms with Crippen molar-refractivity contribution in [2.45, 2.75) is 6.10 Å². The van der Waals surface area contributed by atoms with Crippen LogP contribution in [0.1, 0.15) is 0 Å². The average Bonchev–Trinajstić information content (AvgIpc) is 2.46. The molecule has 2 N–H and O–H groups in total. The molecule has 96 valence electrons. The standard InChI is InChI=1S/C13H13N5O/c14-6-10-7-18(3-4-19-10)13-11-2-1-9(15)5-12(11)16-8-17-13/h1-2,5,8,10H,3-4,7,15H2. The van der Waals surface area contributed by atoms with Crippen molar-refractivity contribution >= 4 is 22.4 Å². The van der Waals surface area contributed by atoms with Gasteiger partial charge in [0.05, 0.1) is 24.7 Å². The van der Waals surface area contributed by atoms with Crippen LogP contribution < -0.4 is 10.6 Å². The Hall–Kier alpha value is -2.39. The number of fused-ring (bicyclic) bond motifs is 1. The van der Waals surface area contributed by atoms with Crippen molar-refractivity contribution in [2.24, 2.45) is 0 Å². The number of benzene rings is 1. The Kier molecular flexibility index (Phi) is 2.89. The minimum atomic E-state index is -0.410. The highest BCUT2D eigenvalue weighted by Gasteiger charge is 2.22. The van der Waals surface area contributed by atoms with Crippen LogP contribution >= 0.6 is 0 Å². The van der Waals surface area contributed by atoms with Gasteiger partial charge in [0.15, 0.2) is 6.10 Å². The number of nitriles is 1. The fourth-order valence-electron chi connectivity index (χ4n) is 2.23. The number of aromatic nitrogens is 2. The number of hydrogen-bond donors (Lipinski definition) is 1. The Bertz CT molecular complexity index is 651. The van der Waals surface area contributed by atoms with Crippen LogP contribution in [0.15, 0.2) is 24.5 Å². The molecule has 2 aromatic rings. The van der Waals surface area contributed by atoms with Gasteiger partial charge in [-0.2, -0.15) is 5.26 Å². The fourth-order valence-corrected chi connectivity index (χ4v) is 2.23. The molecule has 2 heterocycles. The minimum Gasteiger partial charge on any atom is -0.399 e. The second-order valence-electron chi connectivity index (χ2n) is 4.41. The molecule has 1 saturated heterocycles. The third-order valence-electron chi connectivity index (χ3n) is 3.15. The summed E-state index contributed by atoms with van der Waals surface area (Å²) in [6.45, 7) is 1.76. The molecule has 1 aliphatic heterocycles. The number of nitrogens with two attached hydrogens (primary N) is 1. The Balaban J connectivity index is 2.03. The zero-order valence-electron chi connectivity index (χ0n) is 10.3. The maximum Gasteiger partial charge on any atom is 0.161 e. The molecule has 1 unspecified atom stereocenters. The van der Waals surface area contributed by atoms with Crippen LogP contribution in [0.5, 0.6) is 0 Å². The van der Waals surface area contributed by atoms with Gasteiger partial charge in [-0.1, -0.05) is 0 Å². The monoisotopic (exact) mass is 255 g/mol. The summed E-state index contributed by atoms with van der Waals surface area (Å²) in [6.07, 6.45) is 1.11. The lowest BCUT2D eigenvalue weighted by Crippen LogP contribution is -2.42. The molecule has 6 heteroatoms. The van der Waals surface area contributed by atoms with E-state index in [1.54, 1.807) is 0 Å². The van der Waals surface area contributed by atoms with E-state index in [0.717, 1.165) is 16.7 Å². The van der Waals surface area contributed by atoms with Crippen LogP contribution in [0.3, 0.4) is 0 Å². The highest BCUT2D eigenvalue weighted by Crippen LogP contribution is 2.25. The quantitative estimate of drug-likeness (QED) is 0.763. The third-order valence-corrected chi connectivity index (χ3v) is 3.15. The molecule has 0 spiro atoms. The summed E-state index contributed by atoms with van der Waals surface area (Å²) in [7, 11) is 0. The second kappa shape index (κ2) is 4.71. The summed E-state index contributed by atoms with van der Waals surface area (Å²) in [5.41, 5.74) is 7.24. The summed E-state index contributed by atoms with van der Waals surface area (Å²) >= 11 is 0. The molecule has 1 aliphatic rings. The number of nitrogens with zero attached hydrogens (tertiary/aromatic N) is 4. The first-order chi connectivity index (χ1) is 9.28. The maximum absolute atomic E-state index is 8.95. The van der Waals surface area contributed by atoms with Crippen molar-refractivity contribution < 1.29 is 4.74 Å². The van der Waals surface area contributed by atoms with Gasteiger partial charge < -0.3 is 15.4 Å². The van der Waals surface area contributed by atoms with Gasteiger partial charge in [0.2, 0.25) is 0 Å². The first kappa shape index (κ1) is 11.7. The van der Waals surface area contributed by atoms with Crippen molar-refractivity contribution in [3.63, 3.8) is 0 Å². The Morgan fingerprint density at radius 2 is 2.32 bits per heavy atom. The van der Waals surface area contributed by atoms with Crippen molar-refractivity contribution in [3.05, 3.63) is 24.5 Å². The summed E-state index contributed by atoms with van der Waals surface area (Å²) < 4.78 is 5.34. The molecule has 0 bridgehead atoms. The van der Waals surface area contributed by atoms with E-state index in [-0.39, 0.29) is 0 Å². The highest BCUT2D eigenvalue weighted by molar-refractivity contribution is 5.91. The minimum absolute atomic E-state index is 0.410. The summed E-state index contributed by atoms with van der Waals surface area (Å²) in [4.78, 5) is 10.6. The molecule has 0 aliphatic carbocycles. The Morgan fingerprint density at radius 3 is 3.16 bits per heavy atom. The van der Waals surface area contributed by atoms with Gasteiger partial charge in [0.1, 0.15) is 12.1 Å². The fraction of sp³-hybridized carbons (Fsp3) is 0.308. The molecule has 1 aromatic heterocycles. The van der Waals surface area contributed by atoms with Crippen LogP contribution in [0.2, 0.25) is 0 Å². The highest BCUT2D eigenvalue weighted by atomic mass is 16.5. The van der Waals surface area contributed by atoms with Gasteiger partial charge in [0.25, 0.3) is 0 Å². The second-order valence-corrected chi connectivity index (χ2v) is 4.41. The first-order valence-electron chi connectivity index (χ1n) is 6.04. The lowest BCUT2D eigenvalue weighted by Gasteiger charge is -2.31. The summed E-state index contributed by atoms with van der Waals surface area (Å²) in [5, 5.41) is 9.89. The van der Waals surface area contributed by atoms with E-state index >= 15 is 0 Å². The van der Waals surface area contributed by atoms with Crippen LogP contribution in [-0.4, -0.2) is 35.8 Å². The number of nitrogen functional groups attached to an aromatic ring is 1. The van der Waals surface area contributed by atoms with E-state index in [1.807, 2.05) is 18.2 Å². The molecule has 1 fully saturated rings. The molecule has 19 heavy (non-hydrogen) atoms. The molecule has 1 aromatic carbocycles. The SMILES string of the molecule is N#CC1CN(c2ncnc3cc(N)ccc23)CCO1. The van der Waals surface area contributed by atoms with Gasteiger partial charge in [-0.15, -0.1) is 0 Å². The number of morpholine rings is 1. The molecular formula is C13H13N5O. The van der Waals surface area contributed by atoms with Crippen LogP contribution in [-0.2, 0) is 4.74 Å².